The largest absolute Gasteiger partial charge is 0.481 e. The molecule has 1 atom stereocenters. The molecule has 3 rings (SSSR count). The summed E-state index contributed by atoms with van der Waals surface area (Å²) in [4.78, 5) is 24.7. The van der Waals surface area contributed by atoms with E-state index in [2.05, 4.69) is 15.0 Å². The summed E-state index contributed by atoms with van der Waals surface area (Å²) in [5, 5.41) is 9.98. The van der Waals surface area contributed by atoms with Gasteiger partial charge in [-0.25, -0.2) is 15.0 Å². The van der Waals surface area contributed by atoms with Gasteiger partial charge in [-0.3, -0.25) is 4.79 Å². The van der Waals surface area contributed by atoms with E-state index < -0.39 is 19.5 Å². The lowest BCUT2D eigenvalue weighted by atomic mass is 10.0. The minimum absolute atomic E-state index is 0.0867. The second-order valence-electron chi connectivity index (χ2n) is 6.98. The van der Waals surface area contributed by atoms with Gasteiger partial charge < -0.3 is 5.11 Å². The molecule has 1 unspecified atom stereocenters. The van der Waals surface area contributed by atoms with Crippen LogP contribution < -0.4 is 0 Å². The third-order valence-corrected chi connectivity index (χ3v) is 7.12. The third kappa shape index (κ3) is 7.65. The SMILES string of the molecule is O=C(O)C(CSc1ccc(-c2nc(C(Cl)(Cl)Cl)nc(C(Cl)(Cl)Cl)n2)cc1Cl)Cc1ccccc1. The molecule has 0 saturated heterocycles. The Morgan fingerprint density at radius 2 is 1.50 bits per heavy atom. The standard InChI is InChI=1S/C21H14Cl7N3O2S/c22-14-9-12(16-29-18(20(23,24)25)31-19(30-16)21(26,27)28)6-7-15(14)34-10-13(17(32)33)8-11-4-2-1-3-5-11/h1-7,9,13H,8,10H2,(H,32,33). The molecule has 5 nitrogen and oxygen atoms in total. The van der Waals surface area contributed by atoms with Crippen molar-refractivity contribution in [2.75, 3.05) is 5.75 Å². The topological polar surface area (TPSA) is 76.0 Å². The van der Waals surface area contributed by atoms with Gasteiger partial charge in [-0.15, -0.1) is 11.8 Å². The number of aliphatic carboxylic acids is 1. The van der Waals surface area contributed by atoms with E-state index in [1.54, 1.807) is 18.2 Å². The average molecular weight is 621 g/mol. The number of benzene rings is 2. The van der Waals surface area contributed by atoms with Gasteiger partial charge in [-0.2, -0.15) is 0 Å². The van der Waals surface area contributed by atoms with Crippen LogP contribution in [0, 0.1) is 5.92 Å². The van der Waals surface area contributed by atoms with Gasteiger partial charge in [0.15, 0.2) is 17.5 Å². The van der Waals surface area contributed by atoms with Crippen molar-refractivity contribution in [1.82, 2.24) is 15.0 Å². The van der Waals surface area contributed by atoms with Crippen LogP contribution in [0.5, 0.6) is 0 Å². The molecule has 3 aromatic rings. The Morgan fingerprint density at radius 3 is 2.00 bits per heavy atom. The van der Waals surface area contributed by atoms with Crippen molar-refractivity contribution in [3.63, 3.8) is 0 Å². The highest BCUT2D eigenvalue weighted by atomic mass is 35.6. The molecular formula is C21H14Cl7N3O2S. The highest BCUT2D eigenvalue weighted by Gasteiger charge is 2.34. The molecule has 1 heterocycles. The van der Waals surface area contributed by atoms with Crippen LogP contribution in [0.1, 0.15) is 17.2 Å². The monoisotopic (exact) mass is 617 g/mol. The first-order valence-corrected chi connectivity index (χ1v) is 13.1. The van der Waals surface area contributed by atoms with Gasteiger partial charge in [0.2, 0.25) is 7.59 Å². The second kappa shape index (κ2) is 11.6. The molecule has 1 aromatic heterocycles. The zero-order valence-corrected chi connectivity index (χ0v) is 23.0. The maximum absolute atomic E-state index is 11.7. The summed E-state index contributed by atoms with van der Waals surface area (Å²) in [7, 11) is 0. The van der Waals surface area contributed by atoms with E-state index in [1.165, 1.54) is 11.8 Å². The number of carboxylic acids is 1. The lowest BCUT2D eigenvalue weighted by molar-refractivity contribution is -0.140. The summed E-state index contributed by atoms with van der Waals surface area (Å²) in [5.41, 5.74) is 1.41. The molecule has 0 bridgehead atoms. The second-order valence-corrected chi connectivity index (χ2v) is 13.0. The Morgan fingerprint density at radius 1 is 0.912 bits per heavy atom. The number of carbonyl (C=O) groups is 1. The van der Waals surface area contributed by atoms with Crippen LogP contribution in [-0.2, 0) is 18.8 Å². The maximum Gasteiger partial charge on any atom is 0.307 e. The number of carboxylic acid groups (broad SMARTS) is 1. The van der Waals surface area contributed by atoms with Crippen LogP contribution in [0.15, 0.2) is 53.4 Å². The summed E-state index contributed by atoms with van der Waals surface area (Å²) in [6.07, 6.45) is 0.406. The Hall–Kier alpha value is -0.700. The van der Waals surface area contributed by atoms with Crippen molar-refractivity contribution >= 4 is 98.9 Å². The predicted octanol–water partition coefficient (Wildman–Crippen LogP) is 7.88. The number of aromatic nitrogens is 3. The molecule has 0 aliphatic heterocycles. The zero-order valence-electron chi connectivity index (χ0n) is 16.9. The van der Waals surface area contributed by atoms with E-state index in [9.17, 15) is 9.90 Å². The Labute approximate surface area is 235 Å². The van der Waals surface area contributed by atoms with Gasteiger partial charge in [0.05, 0.1) is 10.9 Å². The molecule has 0 amide bonds. The quantitative estimate of drug-likeness (QED) is 0.214. The fourth-order valence-corrected chi connectivity index (χ4v) is 4.68. The fourth-order valence-electron chi connectivity index (χ4n) is 2.82. The molecule has 0 aliphatic rings. The van der Waals surface area contributed by atoms with Crippen LogP contribution in [0.3, 0.4) is 0 Å². The molecule has 0 fully saturated rings. The number of halogens is 7. The van der Waals surface area contributed by atoms with Crippen molar-refractivity contribution in [2.45, 2.75) is 18.9 Å². The predicted molar refractivity (Wildman–Crippen MR) is 141 cm³/mol. The number of rotatable bonds is 7. The lowest BCUT2D eigenvalue weighted by Gasteiger charge is -2.16. The van der Waals surface area contributed by atoms with E-state index in [-0.39, 0.29) is 17.5 Å². The van der Waals surface area contributed by atoms with Crippen LogP contribution >= 0.6 is 93.0 Å². The van der Waals surface area contributed by atoms with Crippen LogP contribution in [0.4, 0.5) is 0 Å². The molecule has 0 saturated carbocycles. The number of thioether (sulfide) groups is 1. The Bertz CT molecular complexity index is 1140. The zero-order chi connectivity index (χ0) is 25.1. The molecule has 0 radical (unpaired) electrons. The van der Waals surface area contributed by atoms with Gasteiger partial charge in [0.1, 0.15) is 0 Å². The molecular weight excluding hydrogens is 606 g/mol. The van der Waals surface area contributed by atoms with E-state index in [1.807, 2.05) is 30.3 Å². The lowest BCUT2D eigenvalue weighted by Crippen LogP contribution is -2.19. The molecule has 180 valence electrons. The van der Waals surface area contributed by atoms with Gasteiger partial charge in [0, 0.05) is 16.2 Å². The molecule has 2 aromatic carbocycles. The van der Waals surface area contributed by atoms with E-state index in [0.717, 1.165) is 5.56 Å². The van der Waals surface area contributed by atoms with Crippen molar-refractivity contribution < 1.29 is 9.90 Å². The molecule has 0 aliphatic carbocycles. The Balaban J connectivity index is 1.84. The van der Waals surface area contributed by atoms with Crippen molar-refractivity contribution in [2.24, 2.45) is 5.92 Å². The normalized spacial score (nSPS) is 13.0. The Kier molecular flexibility index (Phi) is 9.49. The van der Waals surface area contributed by atoms with Gasteiger partial charge in [-0.1, -0.05) is 112 Å². The van der Waals surface area contributed by atoms with E-state index >= 15 is 0 Å². The summed E-state index contributed by atoms with van der Waals surface area (Å²) in [6.45, 7) is 0. The summed E-state index contributed by atoms with van der Waals surface area (Å²) in [5.74, 6) is -1.50. The summed E-state index contributed by atoms with van der Waals surface area (Å²) < 4.78 is -3.96. The van der Waals surface area contributed by atoms with Gasteiger partial charge in [-0.05, 0) is 30.2 Å². The van der Waals surface area contributed by atoms with Crippen molar-refractivity contribution in [1.29, 1.82) is 0 Å². The van der Waals surface area contributed by atoms with Crippen molar-refractivity contribution in [3.05, 3.63) is 70.8 Å². The number of nitrogens with zero attached hydrogens (tertiary/aromatic N) is 3. The van der Waals surface area contributed by atoms with Gasteiger partial charge in [0.25, 0.3) is 0 Å². The minimum Gasteiger partial charge on any atom is -0.481 e. The number of hydrogen-bond acceptors (Lipinski definition) is 5. The number of hydrogen-bond donors (Lipinski definition) is 1. The first-order valence-electron chi connectivity index (χ1n) is 9.44. The van der Waals surface area contributed by atoms with E-state index in [4.69, 9.17) is 81.2 Å². The van der Waals surface area contributed by atoms with Crippen LogP contribution in [0.2, 0.25) is 5.02 Å². The highest BCUT2D eigenvalue weighted by molar-refractivity contribution is 7.99. The van der Waals surface area contributed by atoms with E-state index in [0.29, 0.717) is 27.7 Å². The molecule has 34 heavy (non-hydrogen) atoms. The minimum atomic E-state index is -1.98. The average Bonchev–Trinajstić information content (AvgIpc) is 2.76. The summed E-state index contributed by atoms with van der Waals surface area (Å²) in [6, 6.07) is 14.4. The summed E-state index contributed by atoms with van der Waals surface area (Å²) >= 11 is 43.3. The van der Waals surface area contributed by atoms with Crippen LogP contribution in [0.25, 0.3) is 11.4 Å². The smallest absolute Gasteiger partial charge is 0.307 e. The first-order chi connectivity index (χ1) is 15.8. The fraction of sp³-hybridized carbons (Fsp3) is 0.238. The van der Waals surface area contributed by atoms with Crippen molar-refractivity contribution in [3.8, 4) is 11.4 Å². The van der Waals surface area contributed by atoms with Gasteiger partial charge >= 0.3 is 5.97 Å². The highest BCUT2D eigenvalue weighted by Crippen LogP contribution is 2.41. The first kappa shape index (κ1) is 27.9. The maximum atomic E-state index is 11.7. The van der Waals surface area contributed by atoms with Crippen LogP contribution in [-0.4, -0.2) is 31.8 Å². The third-order valence-electron chi connectivity index (χ3n) is 4.45. The molecule has 1 N–H and O–H groups in total. The number of alkyl halides is 6. The molecule has 13 heteroatoms. The molecule has 0 spiro atoms.